The number of nitrogens with zero attached hydrogens (tertiary/aromatic N) is 3. The first-order valence-electron chi connectivity index (χ1n) is 10.3. The van der Waals surface area contributed by atoms with E-state index in [1.807, 2.05) is 37.8 Å². The Morgan fingerprint density at radius 3 is 2.39 bits per heavy atom. The maximum absolute atomic E-state index is 13.1. The number of benzene rings is 1. The van der Waals surface area contributed by atoms with Crippen LogP contribution < -0.4 is 19.7 Å². The van der Waals surface area contributed by atoms with Crippen LogP contribution in [0.25, 0.3) is 11.0 Å². The number of fused-ring (bicyclic) bond motifs is 1. The molecule has 0 spiro atoms. The van der Waals surface area contributed by atoms with E-state index in [-0.39, 0.29) is 17.0 Å². The minimum Gasteiger partial charge on any atom is -0.478 e. The number of carbonyl (C=O) groups excluding carboxylic acids is 1. The molecule has 0 unspecified atom stereocenters. The molecule has 1 saturated heterocycles. The van der Waals surface area contributed by atoms with Gasteiger partial charge in [-0.15, -0.1) is 11.3 Å². The number of carbonyl (C=O) groups is 2. The molecule has 0 radical (unpaired) electrons. The number of hydrogen-bond acceptors (Lipinski definition) is 8. The van der Waals surface area contributed by atoms with Crippen LogP contribution in [0, 0.1) is 0 Å². The zero-order valence-corrected chi connectivity index (χ0v) is 21.4. The van der Waals surface area contributed by atoms with Crippen LogP contribution in [-0.4, -0.2) is 43.9 Å². The highest BCUT2D eigenvalue weighted by atomic mass is 32.2. The smallest absolute Gasteiger partial charge is 0.335 e. The largest absolute Gasteiger partial charge is 0.478 e. The molecule has 33 heavy (non-hydrogen) atoms. The van der Waals surface area contributed by atoms with Crippen molar-refractivity contribution in [3.8, 4) is 0 Å². The minimum atomic E-state index is -0.966. The molecule has 1 aromatic carbocycles. The molecule has 4 rings (SSSR count). The Labute approximate surface area is 208 Å². The average molecular weight is 520 g/mol. The summed E-state index contributed by atoms with van der Waals surface area (Å²) in [4.78, 5) is 42.2. The number of thioether (sulfide) groups is 2. The highest BCUT2D eigenvalue weighted by Gasteiger charge is 2.33. The fourth-order valence-electron chi connectivity index (χ4n) is 3.62. The Morgan fingerprint density at radius 1 is 1.06 bits per heavy atom. The van der Waals surface area contributed by atoms with Crippen LogP contribution in [0.15, 0.2) is 39.0 Å². The summed E-state index contributed by atoms with van der Waals surface area (Å²) < 4.78 is 3.28. The SMILES string of the molecule is CCN1C(=O)/C(=c2/s/c(=C\C=C3\Sc4ccc(C(=O)O)cc4N3CC)c(=O)n2CC)SC1=S. The third-order valence-corrected chi connectivity index (χ3v) is 9.10. The van der Waals surface area contributed by atoms with Gasteiger partial charge in [0, 0.05) is 24.5 Å². The fourth-order valence-corrected chi connectivity index (χ4v) is 7.38. The second-order valence-corrected chi connectivity index (χ2v) is 10.8. The molecule has 0 bridgehead atoms. The van der Waals surface area contributed by atoms with Crippen molar-refractivity contribution >= 4 is 79.9 Å². The van der Waals surface area contributed by atoms with Crippen molar-refractivity contribution in [1.82, 2.24) is 9.47 Å². The van der Waals surface area contributed by atoms with Crippen molar-refractivity contribution in [3.05, 3.63) is 54.4 Å². The first kappa shape index (κ1) is 23.8. The number of aromatic nitrogens is 1. The molecule has 7 nitrogen and oxygen atoms in total. The standard InChI is InChI=1S/C22H21N3O4S4/c1-4-23-13-11-12(21(28)29)7-8-14(13)31-16(23)10-9-15-18(26)24(5-2)20(32-15)17-19(27)25(6-3)22(30)33-17/h7-11H,4-6H2,1-3H3,(H,28,29)/b15-9-,16-10+,20-17-. The second kappa shape index (κ2) is 9.49. The third kappa shape index (κ3) is 4.18. The van der Waals surface area contributed by atoms with Gasteiger partial charge in [-0.1, -0.05) is 35.7 Å². The van der Waals surface area contributed by atoms with Crippen molar-refractivity contribution < 1.29 is 14.7 Å². The van der Waals surface area contributed by atoms with Crippen LogP contribution in [0.1, 0.15) is 31.1 Å². The van der Waals surface area contributed by atoms with E-state index in [1.165, 1.54) is 34.9 Å². The molecule has 3 heterocycles. The van der Waals surface area contributed by atoms with E-state index < -0.39 is 5.97 Å². The van der Waals surface area contributed by atoms with E-state index in [0.717, 1.165) is 15.6 Å². The molecule has 1 amide bonds. The first-order valence-corrected chi connectivity index (χ1v) is 13.2. The predicted molar refractivity (Wildman–Crippen MR) is 139 cm³/mol. The number of thiocarbonyl (C=S) groups is 1. The Hall–Kier alpha value is -2.34. The van der Waals surface area contributed by atoms with E-state index in [0.29, 0.717) is 38.1 Å². The minimum absolute atomic E-state index is 0.146. The summed E-state index contributed by atoms with van der Waals surface area (Å²) in [6.45, 7) is 7.34. The summed E-state index contributed by atoms with van der Waals surface area (Å²) in [5.41, 5.74) is 0.936. The number of aromatic carboxylic acids is 1. The Kier molecular flexibility index (Phi) is 6.85. The number of allylic oxidation sites excluding steroid dienone is 1. The molecule has 2 aliphatic rings. The summed E-state index contributed by atoms with van der Waals surface area (Å²) in [7, 11) is 0. The molecule has 2 aromatic rings. The molecule has 1 N–H and O–H groups in total. The van der Waals surface area contributed by atoms with Gasteiger partial charge < -0.3 is 10.0 Å². The van der Waals surface area contributed by atoms with Crippen molar-refractivity contribution in [2.75, 3.05) is 18.0 Å². The van der Waals surface area contributed by atoms with Crippen LogP contribution in [-0.2, 0) is 11.3 Å². The maximum Gasteiger partial charge on any atom is 0.335 e. The lowest BCUT2D eigenvalue weighted by Crippen LogP contribution is -2.33. The molecule has 1 aromatic heterocycles. The van der Waals surface area contributed by atoms with E-state index in [4.69, 9.17) is 12.2 Å². The van der Waals surface area contributed by atoms with Crippen molar-refractivity contribution in [2.45, 2.75) is 32.2 Å². The fraction of sp³-hybridized carbons (Fsp3) is 0.273. The van der Waals surface area contributed by atoms with Gasteiger partial charge >= 0.3 is 5.97 Å². The predicted octanol–water partition coefficient (Wildman–Crippen LogP) is 2.87. The Bertz CT molecular complexity index is 1390. The van der Waals surface area contributed by atoms with Crippen molar-refractivity contribution in [3.63, 3.8) is 0 Å². The van der Waals surface area contributed by atoms with Gasteiger partial charge in [0.15, 0.2) is 0 Å². The zero-order valence-electron chi connectivity index (χ0n) is 18.2. The van der Waals surface area contributed by atoms with Gasteiger partial charge in [0.2, 0.25) is 0 Å². The average Bonchev–Trinajstić information content (AvgIpc) is 3.41. The highest BCUT2D eigenvalue weighted by Crippen LogP contribution is 2.46. The van der Waals surface area contributed by atoms with E-state index in [2.05, 4.69) is 0 Å². The van der Waals surface area contributed by atoms with Crippen molar-refractivity contribution in [1.29, 1.82) is 0 Å². The molecular formula is C22H21N3O4S4. The summed E-state index contributed by atoms with van der Waals surface area (Å²) in [6, 6.07) is 5.07. The molecular weight excluding hydrogens is 499 g/mol. The molecule has 0 atom stereocenters. The normalized spacial score (nSPS) is 19.2. The summed E-state index contributed by atoms with van der Waals surface area (Å²) >= 11 is 9.38. The lowest BCUT2D eigenvalue weighted by Gasteiger charge is -2.17. The van der Waals surface area contributed by atoms with Crippen molar-refractivity contribution in [2.24, 2.45) is 0 Å². The lowest BCUT2D eigenvalue weighted by molar-refractivity contribution is -0.120. The topological polar surface area (TPSA) is 82.8 Å². The van der Waals surface area contributed by atoms with E-state index >= 15 is 0 Å². The number of carboxylic acid groups (broad SMARTS) is 1. The molecule has 2 aliphatic heterocycles. The molecule has 0 saturated carbocycles. The lowest BCUT2D eigenvalue weighted by atomic mass is 10.2. The van der Waals surface area contributed by atoms with Crippen LogP contribution in [0.4, 0.5) is 5.69 Å². The van der Waals surface area contributed by atoms with Crippen LogP contribution in [0.2, 0.25) is 0 Å². The molecule has 1 fully saturated rings. The Balaban J connectivity index is 1.79. The summed E-state index contributed by atoms with van der Waals surface area (Å²) in [5.74, 6) is -1.12. The van der Waals surface area contributed by atoms with Gasteiger partial charge in [-0.25, -0.2) is 4.79 Å². The second-order valence-electron chi connectivity index (χ2n) is 7.07. The molecule has 172 valence electrons. The van der Waals surface area contributed by atoms with E-state index in [9.17, 15) is 19.5 Å². The molecule has 0 aliphatic carbocycles. The number of rotatable bonds is 5. The monoisotopic (exact) mass is 519 g/mol. The van der Waals surface area contributed by atoms with Crippen LogP contribution >= 0.6 is 47.1 Å². The Morgan fingerprint density at radius 2 is 1.79 bits per heavy atom. The van der Waals surface area contributed by atoms with Gasteiger partial charge in [0.25, 0.3) is 11.5 Å². The quantitative estimate of drug-likeness (QED) is 0.604. The van der Waals surface area contributed by atoms with Crippen LogP contribution in [0.3, 0.4) is 0 Å². The van der Waals surface area contributed by atoms with Gasteiger partial charge in [-0.2, -0.15) is 0 Å². The number of carboxylic acids is 1. The highest BCUT2D eigenvalue weighted by molar-refractivity contribution is 8.30. The number of anilines is 1. The molecule has 11 heteroatoms. The number of thiazole rings is 1. The zero-order chi connectivity index (χ0) is 23.9. The number of hydrogen-bond donors (Lipinski definition) is 1. The summed E-state index contributed by atoms with van der Waals surface area (Å²) in [5, 5.41) is 10.2. The number of amides is 1. The summed E-state index contributed by atoms with van der Waals surface area (Å²) in [6.07, 6.45) is 3.65. The van der Waals surface area contributed by atoms with Gasteiger partial charge in [0.05, 0.1) is 20.8 Å². The first-order chi connectivity index (χ1) is 15.8. The maximum atomic E-state index is 13.1. The van der Waals surface area contributed by atoms with Gasteiger partial charge in [-0.3, -0.25) is 19.1 Å². The van der Waals surface area contributed by atoms with Gasteiger partial charge in [0.1, 0.15) is 13.9 Å². The van der Waals surface area contributed by atoms with E-state index in [1.54, 1.807) is 27.7 Å². The third-order valence-electron chi connectivity index (χ3n) is 5.25. The van der Waals surface area contributed by atoms with Crippen LogP contribution in [0.5, 0.6) is 0 Å². The van der Waals surface area contributed by atoms with Gasteiger partial charge in [-0.05, 0) is 51.1 Å².